The molecule has 12 heteroatoms. The third-order valence-corrected chi connectivity index (χ3v) is 18.9. The van der Waals surface area contributed by atoms with Crippen molar-refractivity contribution in [3.8, 4) is 23.8 Å². The van der Waals surface area contributed by atoms with E-state index in [4.69, 9.17) is 34.4 Å². The fraction of sp³-hybridized carbons (Fsp3) is 0.630. The second kappa shape index (κ2) is 18.7. The molecule has 39 heavy (non-hydrogen) atoms. The number of unbranched alkanes of at least 4 members (excludes halogenated alkanes) is 3. The third-order valence-electron chi connectivity index (χ3n) is 5.75. The molecule has 0 aliphatic carbocycles. The van der Waals surface area contributed by atoms with Gasteiger partial charge in [-0.15, -0.1) is 11.5 Å². The maximum Gasteiger partial charge on any atom is 0.350 e. The molecule has 218 valence electrons. The van der Waals surface area contributed by atoms with Gasteiger partial charge in [0, 0.05) is 36.3 Å². The molecule has 0 amide bonds. The van der Waals surface area contributed by atoms with E-state index >= 15 is 0 Å². The van der Waals surface area contributed by atoms with Gasteiger partial charge in [-0.3, -0.25) is 9.13 Å². The summed E-state index contributed by atoms with van der Waals surface area (Å²) in [4.78, 5) is 12.5. The minimum atomic E-state index is -2.06. The Kier molecular flexibility index (Phi) is 16.6. The van der Waals surface area contributed by atoms with Crippen LogP contribution in [0.2, 0.25) is 10.0 Å². The van der Waals surface area contributed by atoms with Gasteiger partial charge in [-0.25, -0.2) is 4.79 Å². The van der Waals surface area contributed by atoms with Crippen LogP contribution in [0.5, 0.6) is 5.75 Å². The average Bonchev–Trinajstić information content (AvgIpc) is 3.25. The summed E-state index contributed by atoms with van der Waals surface area (Å²) in [6.45, 7) is 7.34. The highest BCUT2D eigenvalue weighted by molar-refractivity contribution is 9.14. The largest absolute Gasteiger partial charge is 0.479 e. The number of rotatable bonds is 15. The number of benzene rings is 1. The molecule has 0 saturated heterocycles. The number of ether oxygens (including phenoxy) is 1. The Bertz CT molecular complexity index is 1150. The molecule has 0 atom stereocenters. The van der Waals surface area contributed by atoms with Gasteiger partial charge in [0.05, 0.1) is 15.7 Å². The lowest BCUT2D eigenvalue weighted by Crippen LogP contribution is -2.26. The molecule has 0 N–H and O–H groups in total. The molecule has 0 bridgehead atoms. The highest BCUT2D eigenvalue weighted by Gasteiger charge is 2.23. The Balaban J connectivity index is 0.000000285. The number of fused-ring (bicyclic) bond motifs is 1. The molecule has 0 saturated carbocycles. The van der Waals surface area contributed by atoms with E-state index in [2.05, 4.69) is 31.8 Å². The van der Waals surface area contributed by atoms with E-state index < -0.39 is 4.75 Å². The highest BCUT2D eigenvalue weighted by Crippen LogP contribution is 2.78. The first-order chi connectivity index (χ1) is 18.8. The Morgan fingerprint density at radius 3 is 2.10 bits per heavy atom. The van der Waals surface area contributed by atoms with Crippen molar-refractivity contribution in [1.29, 1.82) is 0 Å². The number of terminal acetylenes is 1. The van der Waals surface area contributed by atoms with Crippen molar-refractivity contribution in [1.82, 2.24) is 14.3 Å². The molecule has 0 radical (unpaired) electrons. The van der Waals surface area contributed by atoms with Crippen LogP contribution < -0.4 is 10.4 Å². The molecule has 0 spiro atoms. The zero-order valence-electron chi connectivity index (χ0n) is 23.1. The normalized spacial score (nSPS) is 12.8. The molecule has 2 heterocycles. The topological polar surface area (TPSA) is 66.1 Å². The van der Waals surface area contributed by atoms with E-state index in [1.165, 1.54) is 49.3 Å². The standard InChI is InChI=1S/C15H13Cl2N3O2.C12H27OPS3/c1-2-7-22-13-9-12(10(16)8-11(13)17)20-15(21)19-6-4-3-5-14(19)18-20;1-4-7-10-15-14(13,16-11-8-5-2)17-12-9-6-3/h1,8-9H,3-7H2;4-12H2,1-3H3. The molecule has 0 fully saturated rings. The fourth-order valence-corrected chi connectivity index (χ4v) is 16.1. The van der Waals surface area contributed by atoms with Crippen LogP contribution in [0.25, 0.3) is 5.69 Å². The molecule has 0 unspecified atom stereocenters. The minimum absolute atomic E-state index is 0.0788. The number of halogens is 2. The number of hydrogen-bond donors (Lipinski definition) is 0. The summed E-state index contributed by atoms with van der Waals surface area (Å²) in [5, 5.41) is 5.04. The van der Waals surface area contributed by atoms with Gasteiger partial charge < -0.3 is 4.74 Å². The van der Waals surface area contributed by atoms with E-state index in [1.54, 1.807) is 44.8 Å². The summed E-state index contributed by atoms with van der Waals surface area (Å²) < 4.78 is 19.0. The molecule has 1 aromatic heterocycles. The summed E-state index contributed by atoms with van der Waals surface area (Å²) in [6.07, 6.45) is 15.1. The first-order valence-electron chi connectivity index (χ1n) is 13.6. The van der Waals surface area contributed by atoms with Crippen molar-refractivity contribution in [2.24, 2.45) is 0 Å². The van der Waals surface area contributed by atoms with Crippen molar-refractivity contribution in [3.05, 3.63) is 38.5 Å². The zero-order valence-corrected chi connectivity index (χ0v) is 28.0. The lowest BCUT2D eigenvalue weighted by atomic mass is 10.2. The summed E-state index contributed by atoms with van der Waals surface area (Å²) in [7, 11) is 0. The van der Waals surface area contributed by atoms with Crippen LogP contribution in [-0.2, 0) is 17.5 Å². The van der Waals surface area contributed by atoms with Gasteiger partial charge in [0.25, 0.3) is 0 Å². The van der Waals surface area contributed by atoms with Gasteiger partial charge in [0.1, 0.15) is 18.2 Å². The molecular weight excluding hydrogens is 612 g/mol. The summed E-state index contributed by atoms with van der Waals surface area (Å²) in [5.41, 5.74) is 0.229. The van der Waals surface area contributed by atoms with E-state index in [1.807, 2.05) is 0 Å². The maximum atomic E-state index is 12.7. The summed E-state index contributed by atoms with van der Waals surface area (Å²) in [6, 6.07) is 3.11. The number of aromatic nitrogens is 3. The van der Waals surface area contributed by atoms with Crippen molar-refractivity contribution < 1.29 is 9.30 Å². The quantitative estimate of drug-likeness (QED) is 0.108. The monoisotopic (exact) mass is 651 g/mol. The maximum absolute atomic E-state index is 12.7. The number of aryl methyl sites for hydroxylation is 1. The van der Waals surface area contributed by atoms with Crippen LogP contribution in [0.15, 0.2) is 16.9 Å². The van der Waals surface area contributed by atoms with Gasteiger partial charge in [-0.2, -0.15) is 4.68 Å². The van der Waals surface area contributed by atoms with E-state index in [0.29, 0.717) is 28.0 Å². The molecule has 1 aliphatic heterocycles. The van der Waals surface area contributed by atoms with Crippen LogP contribution in [0.3, 0.4) is 0 Å². The molecular formula is C27H40Cl2N3O3PS3. The lowest BCUT2D eigenvalue weighted by molar-refractivity contribution is 0.370. The van der Waals surface area contributed by atoms with E-state index in [0.717, 1.165) is 42.3 Å². The van der Waals surface area contributed by atoms with E-state index in [9.17, 15) is 9.36 Å². The molecule has 1 aromatic carbocycles. The van der Waals surface area contributed by atoms with Gasteiger partial charge in [0.2, 0.25) is 4.75 Å². The van der Waals surface area contributed by atoms with Crippen molar-refractivity contribution in [2.75, 3.05) is 23.9 Å². The van der Waals surface area contributed by atoms with Crippen molar-refractivity contribution in [2.45, 2.75) is 85.1 Å². The summed E-state index contributed by atoms with van der Waals surface area (Å²) >= 11 is 17.5. The second-order valence-electron chi connectivity index (χ2n) is 8.95. The molecule has 6 nitrogen and oxygen atoms in total. The Labute approximate surface area is 255 Å². The third kappa shape index (κ3) is 11.3. The smallest absolute Gasteiger partial charge is 0.350 e. The minimum Gasteiger partial charge on any atom is -0.479 e. The van der Waals surface area contributed by atoms with Gasteiger partial charge >= 0.3 is 5.69 Å². The first kappa shape index (κ1) is 34.6. The average molecular weight is 653 g/mol. The Morgan fingerprint density at radius 1 is 1.00 bits per heavy atom. The number of nitrogens with zero attached hydrogens (tertiary/aromatic N) is 3. The lowest BCUT2D eigenvalue weighted by Gasteiger charge is -2.15. The molecule has 1 aliphatic rings. The predicted octanol–water partition coefficient (Wildman–Crippen LogP) is 9.38. The Hall–Kier alpha value is -0.620. The van der Waals surface area contributed by atoms with Gasteiger partial charge in [-0.1, -0.05) is 103 Å². The zero-order chi connectivity index (χ0) is 28.7. The van der Waals surface area contributed by atoms with Crippen LogP contribution in [0, 0.1) is 12.3 Å². The van der Waals surface area contributed by atoms with Crippen LogP contribution in [-0.4, -0.2) is 38.2 Å². The second-order valence-corrected chi connectivity index (χ2v) is 21.7. The fourth-order valence-electron chi connectivity index (χ4n) is 3.54. The summed E-state index contributed by atoms with van der Waals surface area (Å²) in [5.74, 6) is 6.69. The van der Waals surface area contributed by atoms with Crippen LogP contribution in [0.1, 0.15) is 78.0 Å². The molecule has 2 aromatic rings. The van der Waals surface area contributed by atoms with Crippen LogP contribution in [0.4, 0.5) is 0 Å². The highest BCUT2D eigenvalue weighted by atomic mass is 35.5. The number of hydrogen-bond acceptors (Lipinski definition) is 7. The van der Waals surface area contributed by atoms with Crippen molar-refractivity contribution in [3.63, 3.8) is 0 Å². The van der Waals surface area contributed by atoms with E-state index in [-0.39, 0.29) is 12.3 Å². The predicted molar refractivity (Wildman–Crippen MR) is 175 cm³/mol. The van der Waals surface area contributed by atoms with Gasteiger partial charge in [0.15, 0.2) is 0 Å². The van der Waals surface area contributed by atoms with Crippen LogP contribution >= 0.6 is 62.1 Å². The van der Waals surface area contributed by atoms with Crippen molar-refractivity contribution >= 4 is 62.1 Å². The van der Waals surface area contributed by atoms with Gasteiger partial charge in [-0.05, 0) is 38.2 Å². The Morgan fingerprint density at radius 2 is 1.59 bits per heavy atom. The first-order valence-corrected chi connectivity index (χ1v) is 20.8. The SMILES string of the molecule is C#CCOc1cc(-n2nc3n(c2=O)CCCC3)c(Cl)cc1Cl.CCCCSP(=O)(SCCCC)SCCCC. The molecule has 3 rings (SSSR count).